The van der Waals surface area contributed by atoms with Gasteiger partial charge in [-0.2, -0.15) is 0 Å². The Bertz CT molecular complexity index is 1330. The molecule has 0 radical (unpaired) electrons. The van der Waals surface area contributed by atoms with Crippen LogP contribution in [0.15, 0.2) is 71.6 Å². The van der Waals surface area contributed by atoms with E-state index in [1.54, 1.807) is 30.3 Å². The van der Waals surface area contributed by atoms with E-state index in [1.165, 1.54) is 31.9 Å². The minimum atomic E-state index is -4.09. The van der Waals surface area contributed by atoms with Gasteiger partial charge >= 0.3 is 0 Å². The highest BCUT2D eigenvalue weighted by Gasteiger charge is 2.30. The first-order valence-corrected chi connectivity index (χ1v) is 13.5. The molecule has 0 fully saturated rings. The van der Waals surface area contributed by atoms with E-state index in [4.69, 9.17) is 9.47 Å². The molecule has 37 heavy (non-hydrogen) atoms. The van der Waals surface area contributed by atoms with Crippen LogP contribution in [0.4, 0.5) is 5.69 Å². The smallest absolute Gasteiger partial charge is 0.264 e. The van der Waals surface area contributed by atoms with Gasteiger partial charge in [-0.25, -0.2) is 8.42 Å². The standard InChI is InChI=1S/C29H36N2O5S/c1-20-8-15-25(16-9-20)37(33,34)31(26-17-14-24(35-6)18-27(26)36-7)19-28(32)30-21(2)22-10-12-23(13-11-22)29(3,4)5/h8-18,21H,19H2,1-7H3,(H,30,32)/t21-/m1/s1. The first-order valence-electron chi connectivity index (χ1n) is 12.1. The third-order valence-electron chi connectivity index (χ3n) is 6.21. The minimum absolute atomic E-state index is 0.0211. The largest absolute Gasteiger partial charge is 0.497 e. The maximum absolute atomic E-state index is 13.7. The summed E-state index contributed by atoms with van der Waals surface area (Å²) in [5, 5.41) is 2.94. The van der Waals surface area contributed by atoms with Crippen LogP contribution in [0.25, 0.3) is 0 Å². The fourth-order valence-electron chi connectivity index (χ4n) is 3.90. The van der Waals surface area contributed by atoms with Gasteiger partial charge in [0.2, 0.25) is 5.91 Å². The molecule has 0 saturated heterocycles. The van der Waals surface area contributed by atoms with E-state index < -0.39 is 22.5 Å². The Morgan fingerprint density at radius 2 is 1.57 bits per heavy atom. The van der Waals surface area contributed by atoms with E-state index >= 15 is 0 Å². The van der Waals surface area contributed by atoms with Crippen LogP contribution in [0.3, 0.4) is 0 Å². The molecule has 198 valence electrons. The van der Waals surface area contributed by atoms with E-state index in [0.29, 0.717) is 5.75 Å². The highest BCUT2D eigenvalue weighted by atomic mass is 32.2. The average Bonchev–Trinajstić information content (AvgIpc) is 2.86. The summed E-state index contributed by atoms with van der Waals surface area (Å²) < 4.78 is 39.3. The van der Waals surface area contributed by atoms with Crippen molar-refractivity contribution in [2.45, 2.75) is 51.0 Å². The Morgan fingerprint density at radius 1 is 0.946 bits per heavy atom. The lowest BCUT2D eigenvalue weighted by Gasteiger charge is -2.27. The van der Waals surface area contributed by atoms with Crippen molar-refractivity contribution in [3.8, 4) is 11.5 Å². The number of rotatable bonds is 9. The molecule has 1 N–H and O–H groups in total. The van der Waals surface area contributed by atoms with Gasteiger partial charge in [0.15, 0.2) is 0 Å². The summed E-state index contributed by atoms with van der Waals surface area (Å²) in [6.45, 7) is 9.75. The third-order valence-corrected chi connectivity index (χ3v) is 7.98. The van der Waals surface area contributed by atoms with Gasteiger partial charge in [-0.15, -0.1) is 0 Å². The molecule has 3 rings (SSSR count). The van der Waals surface area contributed by atoms with Gasteiger partial charge in [-0.3, -0.25) is 9.10 Å². The molecule has 3 aromatic carbocycles. The highest BCUT2D eigenvalue weighted by Crippen LogP contribution is 2.35. The first kappa shape index (κ1) is 28.1. The van der Waals surface area contributed by atoms with Gasteiger partial charge in [0, 0.05) is 6.07 Å². The molecule has 1 atom stereocenters. The van der Waals surface area contributed by atoms with E-state index in [9.17, 15) is 13.2 Å². The number of benzene rings is 3. The molecule has 0 saturated carbocycles. The molecule has 0 aliphatic heterocycles. The number of nitrogens with zero attached hydrogens (tertiary/aromatic N) is 1. The SMILES string of the molecule is COc1ccc(N(CC(=O)N[C@H](C)c2ccc(C(C)(C)C)cc2)S(=O)(=O)c2ccc(C)cc2)c(OC)c1. The summed E-state index contributed by atoms with van der Waals surface area (Å²) >= 11 is 0. The summed E-state index contributed by atoms with van der Waals surface area (Å²) in [5.41, 5.74) is 3.30. The Hall–Kier alpha value is -3.52. The summed E-state index contributed by atoms with van der Waals surface area (Å²) in [5.74, 6) is 0.333. The number of carbonyl (C=O) groups excluding carboxylic acids is 1. The number of aryl methyl sites for hydroxylation is 1. The van der Waals surface area contributed by atoms with Crippen LogP contribution in [0.5, 0.6) is 11.5 Å². The Morgan fingerprint density at radius 3 is 2.11 bits per heavy atom. The summed E-state index contributed by atoms with van der Waals surface area (Å²) in [4.78, 5) is 13.3. The molecule has 1 amide bonds. The number of sulfonamides is 1. The molecule has 0 unspecified atom stereocenters. The van der Waals surface area contributed by atoms with E-state index in [2.05, 4.69) is 26.1 Å². The van der Waals surface area contributed by atoms with Crippen LogP contribution < -0.4 is 19.1 Å². The highest BCUT2D eigenvalue weighted by molar-refractivity contribution is 7.92. The maximum Gasteiger partial charge on any atom is 0.264 e. The third kappa shape index (κ3) is 6.63. The number of ether oxygens (including phenoxy) is 2. The topological polar surface area (TPSA) is 84.9 Å². The lowest BCUT2D eigenvalue weighted by molar-refractivity contribution is -0.120. The van der Waals surface area contributed by atoms with Crippen molar-refractivity contribution in [3.05, 3.63) is 83.4 Å². The van der Waals surface area contributed by atoms with Gasteiger partial charge in [0.1, 0.15) is 18.0 Å². The van der Waals surface area contributed by atoms with Gasteiger partial charge < -0.3 is 14.8 Å². The fourth-order valence-corrected chi connectivity index (χ4v) is 5.33. The van der Waals surface area contributed by atoms with E-state index in [-0.39, 0.29) is 27.8 Å². The molecule has 0 spiro atoms. The number of amides is 1. The summed E-state index contributed by atoms with van der Waals surface area (Å²) in [6, 6.07) is 19.1. The minimum Gasteiger partial charge on any atom is -0.497 e. The second-order valence-corrected chi connectivity index (χ2v) is 11.9. The van der Waals surface area contributed by atoms with Crippen LogP contribution >= 0.6 is 0 Å². The van der Waals surface area contributed by atoms with Crippen LogP contribution in [-0.2, 0) is 20.2 Å². The van der Waals surface area contributed by atoms with E-state index in [0.717, 1.165) is 15.4 Å². The zero-order chi connectivity index (χ0) is 27.4. The van der Waals surface area contributed by atoms with Crippen molar-refractivity contribution in [3.63, 3.8) is 0 Å². The van der Waals surface area contributed by atoms with Crippen LogP contribution in [0.2, 0.25) is 0 Å². The zero-order valence-corrected chi connectivity index (χ0v) is 23.3. The number of hydrogen-bond donors (Lipinski definition) is 1. The normalized spacial score (nSPS) is 12.5. The number of anilines is 1. The predicted molar refractivity (Wildman–Crippen MR) is 147 cm³/mol. The van der Waals surface area contributed by atoms with Crippen molar-refractivity contribution >= 4 is 21.6 Å². The lowest BCUT2D eigenvalue weighted by atomic mass is 9.86. The number of hydrogen-bond acceptors (Lipinski definition) is 5. The lowest BCUT2D eigenvalue weighted by Crippen LogP contribution is -2.41. The molecule has 3 aromatic rings. The quantitative estimate of drug-likeness (QED) is 0.406. The van der Waals surface area contributed by atoms with Gasteiger partial charge in [0.25, 0.3) is 10.0 Å². The fraction of sp³-hybridized carbons (Fsp3) is 0.345. The van der Waals surface area contributed by atoms with Gasteiger partial charge in [-0.05, 0) is 54.7 Å². The molecule has 8 heteroatoms. The molecule has 0 aliphatic carbocycles. The predicted octanol–water partition coefficient (Wildman–Crippen LogP) is 5.38. The first-order chi connectivity index (χ1) is 17.4. The number of carbonyl (C=O) groups is 1. The van der Waals surface area contributed by atoms with Gasteiger partial charge in [-0.1, -0.05) is 62.7 Å². The molecular weight excluding hydrogens is 488 g/mol. The molecule has 0 aromatic heterocycles. The van der Waals surface area contributed by atoms with Crippen LogP contribution in [0, 0.1) is 6.92 Å². The van der Waals surface area contributed by atoms with Crippen molar-refractivity contribution in [2.24, 2.45) is 0 Å². The number of methoxy groups -OCH3 is 2. The Balaban J connectivity index is 1.93. The summed E-state index contributed by atoms with van der Waals surface area (Å²) in [6.07, 6.45) is 0. The summed E-state index contributed by atoms with van der Waals surface area (Å²) in [7, 11) is -1.13. The molecule has 0 aliphatic rings. The van der Waals surface area contributed by atoms with Gasteiger partial charge in [0.05, 0.1) is 30.8 Å². The average molecular weight is 525 g/mol. The molecular formula is C29H36N2O5S. The van der Waals surface area contributed by atoms with Crippen molar-refractivity contribution in [1.29, 1.82) is 0 Å². The second kappa shape index (κ2) is 11.3. The molecule has 0 bridgehead atoms. The molecule has 0 heterocycles. The van der Waals surface area contributed by atoms with Crippen molar-refractivity contribution < 1.29 is 22.7 Å². The maximum atomic E-state index is 13.7. The zero-order valence-electron chi connectivity index (χ0n) is 22.5. The molecule has 7 nitrogen and oxygen atoms in total. The van der Waals surface area contributed by atoms with Crippen LogP contribution in [-0.4, -0.2) is 35.1 Å². The van der Waals surface area contributed by atoms with Crippen molar-refractivity contribution in [2.75, 3.05) is 25.1 Å². The van der Waals surface area contributed by atoms with Crippen LogP contribution in [0.1, 0.15) is 50.4 Å². The second-order valence-electron chi connectivity index (χ2n) is 10.0. The van der Waals surface area contributed by atoms with E-state index in [1.807, 2.05) is 38.1 Å². The monoisotopic (exact) mass is 524 g/mol. The number of nitrogens with one attached hydrogen (secondary N) is 1. The Labute approximate surface area is 220 Å². The Kier molecular flexibility index (Phi) is 8.53. The van der Waals surface area contributed by atoms with Crippen molar-refractivity contribution in [1.82, 2.24) is 5.32 Å².